The van der Waals surface area contributed by atoms with E-state index in [0.717, 1.165) is 6.54 Å². The van der Waals surface area contributed by atoms with Gasteiger partial charge in [0.25, 0.3) is 0 Å². The summed E-state index contributed by atoms with van der Waals surface area (Å²) in [6.07, 6.45) is 7.94. The highest BCUT2D eigenvalue weighted by molar-refractivity contribution is 4.94. The lowest BCUT2D eigenvalue weighted by molar-refractivity contribution is 0.130. The molecular weight excluding hydrogens is 160 g/mol. The maximum absolute atomic E-state index is 5.90. The fraction of sp³-hybridized carbons (Fsp3) is 1.00. The molecule has 13 heavy (non-hydrogen) atoms. The van der Waals surface area contributed by atoms with Gasteiger partial charge in [-0.05, 0) is 32.9 Å². The standard InChI is InChI=1S/C11H24N2/c1-3-4-9-13(2)11(10-12)7-5-6-8-11/h3-10,12H2,1-2H3. The Morgan fingerprint density at radius 2 is 1.92 bits per heavy atom. The Morgan fingerprint density at radius 3 is 2.38 bits per heavy atom. The number of hydrogen-bond donors (Lipinski definition) is 1. The van der Waals surface area contributed by atoms with Gasteiger partial charge in [0.15, 0.2) is 0 Å². The van der Waals surface area contributed by atoms with Crippen molar-refractivity contribution in [1.82, 2.24) is 4.90 Å². The normalized spacial score (nSPS) is 21.2. The van der Waals surface area contributed by atoms with Crippen LogP contribution < -0.4 is 5.73 Å². The van der Waals surface area contributed by atoms with E-state index in [1.807, 2.05) is 0 Å². The van der Waals surface area contributed by atoms with Gasteiger partial charge in [-0.2, -0.15) is 0 Å². The van der Waals surface area contributed by atoms with Crippen molar-refractivity contribution in [1.29, 1.82) is 0 Å². The van der Waals surface area contributed by atoms with Crippen molar-refractivity contribution in [2.75, 3.05) is 20.1 Å². The van der Waals surface area contributed by atoms with Gasteiger partial charge < -0.3 is 5.73 Å². The van der Waals surface area contributed by atoms with Crippen molar-refractivity contribution in [2.45, 2.75) is 51.0 Å². The van der Waals surface area contributed by atoms with E-state index in [9.17, 15) is 0 Å². The molecule has 1 saturated carbocycles. The van der Waals surface area contributed by atoms with Crippen LogP contribution in [0, 0.1) is 0 Å². The van der Waals surface area contributed by atoms with Gasteiger partial charge in [-0.1, -0.05) is 26.2 Å². The predicted molar refractivity (Wildman–Crippen MR) is 57.8 cm³/mol. The van der Waals surface area contributed by atoms with Gasteiger partial charge in [-0.3, -0.25) is 4.90 Å². The Balaban J connectivity index is 2.44. The smallest absolute Gasteiger partial charge is 0.0328 e. The number of nitrogens with two attached hydrogens (primary N) is 1. The minimum absolute atomic E-state index is 0.356. The molecule has 0 amide bonds. The highest BCUT2D eigenvalue weighted by Crippen LogP contribution is 2.33. The number of nitrogens with zero attached hydrogens (tertiary/aromatic N) is 1. The van der Waals surface area contributed by atoms with Crippen LogP contribution in [0.3, 0.4) is 0 Å². The Labute approximate surface area is 82.5 Å². The summed E-state index contributed by atoms with van der Waals surface area (Å²) in [5.74, 6) is 0. The summed E-state index contributed by atoms with van der Waals surface area (Å²) in [7, 11) is 2.24. The molecule has 2 N–H and O–H groups in total. The topological polar surface area (TPSA) is 29.3 Å². The first-order valence-corrected chi connectivity index (χ1v) is 5.66. The molecule has 0 spiro atoms. The molecule has 0 aromatic carbocycles. The molecule has 1 fully saturated rings. The van der Waals surface area contributed by atoms with E-state index in [2.05, 4.69) is 18.9 Å². The number of hydrogen-bond acceptors (Lipinski definition) is 2. The maximum atomic E-state index is 5.90. The minimum atomic E-state index is 0.356. The molecule has 0 radical (unpaired) electrons. The van der Waals surface area contributed by atoms with Crippen LogP contribution in [-0.2, 0) is 0 Å². The largest absolute Gasteiger partial charge is 0.329 e. The fourth-order valence-corrected chi connectivity index (χ4v) is 2.41. The molecule has 0 aliphatic heterocycles. The summed E-state index contributed by atoms with van der Waals surface area (Å²) in [4.78, 5) is 2.50. The molecule has 1 rings (SSSR count). The van der Waals surface area contributed by atoms with Crippen LogP contribution >= 0.6 is 0 Å². The Morgan fingerprint density at radius 1 is 1.31 bits per heavy atom. The van der Waals surface area contributed by atoms with Crippen LogP contribution in [0.1, 0.15) is 45.4 Å². The summed E-state index contributed by atoms with van der Waals surface area (Å²) in [6, 6.07) is 0. The van der Waals surface area contributed by atoms with Crippen molar-refractivity contribution in [2.24, 2.45) is 5.73 Å². The lowest BCUT2D eigenvalue weighted by Crippen LogP contribution is -2.50. The van der Waals surface area contributed by atoms with Crippen LogP contribution in [-0.4, -0.2) is 30.6 Å². The lowest BCUT2D eigenvalue weighted by Gasteiger charge is -2.38. The summed E-state index contributed by atoms with van der Waals surface area (Å²) in [5.41, 5.74) is 6.26. The van der Waals surface area contributed by atoms with Gasteiger partial charge in [-0.25, -0.2) is 0 Å². The third-order valence-corrected chi connectivity index (χ3v) is 3.57. The van der Waals surface area contributed by atoms with Crippen molar-refractivity contribution >= 4 is 0 Å². The second kappa shape index (κ2) is 4.97. The highest BCUT2D eigenvalue weighted by Gasteiger charge is 2.35. The second-order valence-electron chi connectivity index (χ2n) is 4.41. The van der Waals surface area contributed by atoms with E-state index in [4.69, 9.17) is 5.73 Å². The number of unbranched alkanes of at least 4 members (excludes halogenated alkanes) is 1. The van der Waals surface area contributed by atoms with Crippen molar-refractivity contribution in [3.8, 4) is 0 Å². The van der Waals surface area contributed by atoms with Crippen LogP contribution in [0.5, 0.6) is 0 Å². The molecule has 0 heterocycles. The Kier molecular flexibility index (Phi) is 4.20. The molecule has 1 aliphatic rings. The molecule has 1 aliphatic carbocycles. The van der Waals surface area contributed by atoms with Crippen LogP contribution in [0.4, 0.5) is 0 Å². The zero-order chi connectivity index (χ0) is 9.73. The quantitative estimate of drug-likeness (QED) is 0.708. The predicted octanol–water partition coefficient (Wildman–Crippen LogP) is 1.99. The number of likely N-dealkylation sites (N-methyl/N-ethyl adjacent to an activating group) is 1. The number of rotatable bonds is 5. The monoisotopic (exact) mass is 184 g/mol. The van der Waals surface area contributed by atoms with E-state index in [-0.39, 0.29) is 0 Å². The van der Waals surface area contributed by atoms with Gasteiger partial charge in [0.1, 0.15) is 0 Å². The van der Waals surface area contributed by atoms with Gasteiger partial charge in [0.2, 0.25) is 0 Å². The molecule has 0 atom stereocenters. The Hall–Kier alpha value is -0.0800. The van der Waals surface area contributed by atoms with E-state index in [1.165, 1.54) is 45.1 Å². The van der Waals surface area contributed by atoms with Gasteiger partial charge >= 0.3 is 0 Å². The van der Waals surface area contributed by atoms with E-state index < -0.39 is 0 Å². The lowest BCUT2D eigenvalue weighted by atomic mass is 9.95. The average Bonchev–Trinajstić information content (AvgIpc) is 2.63. The maximum Gasteiger partial charge on any atom is 0.0328 e. The van der Waals surface area contributed by atoms with Crippen molar-refractivity contribution < 1.29 is 0 Å². The summed E-state index contributed by atoms with van der Waals surface area (Å²) in [5, 5.41) is 0. The molecule has 2 heteroatoms. The SMILES string of the molecule is CCCCN(C)C1(CN)CCCC1. The first-order chi connectivity index (χ1) is 6.25. The zero-order valence-corrected chi connectivity index (χ0v) is 9.18. The van der Waals surface area contributed by atoms with Gasteiger partial charge in [-0.15, -0.1) is 0 Å². The minimum Gasteiger partial charge on any atom is -0.329 e. The first kappa shape index (κ1) is 11.0. The molecule has 2 nitrogen and oxygen atoms in total. The third kappa shape index (κ3) is 2.44. The fourth-order valence-electron chi connectivity index (χ4n) is 2.41. The molecule has 0 aromatic heterocycles. The van der Waals surface area contributed by atoms with Crippen LogP contribution in [0.2, 0.25) is 0 Å². The molecule has 0 saturated heterocycles. The van der Waals surface area contributed by atoms with E-state index in [1.54, 1.807) is 0 Å². The molecule has 0 unspecified atom stereocenters. The molecule has 0 bridgehead atoms. The Bertz CT molecular complexity index is 139. The van der Waals surface area contributed by atoms with E-state index >= 15 is 0 Å². The van der Waals surface area contributed by atoms with Crippen molar-refractivity contribution in [3.05, 3.63) is 0 Å². The molecule has 0 aromatic rings. The summed E-state index contributed by atoms with van der Waals surface area (Å²) in [6.45, 7) is 4.30. The third-order valence-electron chi connectivity index (χ3n) is 3.57. The second-order valence-corrected chi connectivity index (χ2v) is 4.41. The van der Waals surface area contributed by atoms with Gasteiger partial charge in [0.05, 0.1) is 0 Å². The first-order valence-electron chi connectivity index (χ1n) is 5.66. The molecular formula is C11H24N2. The van der Waals surface area contributed by atoms with E-state index in [0.29, 0.717) is 5.54 Å². The summed E-state index contributed by atoms with van der Waals surface area (Å²) < 4.78 is 0. The average molecular weight is 184 g/mol. The zero-order valence-electron chi connectivity index (χ0n) is 9.18. The van der Waals surface area contributed by atoms with Crippen molar-refractivity contribution in [3.63, 3.8) is 0 Å². The van der Waals surface area contributed by atoms with Gasteiger partial charge in [0, 0.05) is 12.1 Å². The van der Waals surface area contributed by atoms with Crippen LogP contribution in [0.15, 0.2) is 0 Å². The highest BCUT2D eigenvalue weighted by atomic mass is 15.2. The molecule has 78 valence electrons. The van der Waals surface area contributed by atoms with Crippen LogP contribution in [0.25, 0.3) is 0 Å². The summed E-state index contributed by atoms with van der Waals surface area (Å²) >= 11 is 0.